The Morgan fingerprint density at radius 3 is 2.30 bits per heavy atom. The highest BCUT2D eigenvalue weighted by Gasteiger charge is 2.30. The Labute approximate surface area is 224 Å². The van der Waals surface area contributed by atoms with Gasteiger partial charge < -0.3 is 14.5 Å². The number of hydrogen-bond donors (Lipinski definition) is 0. The molecule has 0 aliphatic carbocycles. The van der Waals surface area contributed by atoms with Gasteiger partial charge in [-0.3, -0.25) is 4.79 Å². The number of hydrogen-bond acceptors (Lipinski definition) is 4. The van der Waals surface area contributed by atoms with Crippen LogP contribution in [-0.2, 0) is 16.0 Å². The van der Waals surface area contributed by atoms with E-state index in [4.69, 9.17) is 4.74 Å². The number of likely N-dealkylation sites (tertiary alicyclic amines) is 1. The van der Waals surface area contributed by atoms with Crippen molar-refractivity contribution in [3.05, 3.63) is 65.2 Å². The summed E-state index contributed by atoms with van der Waals surface area (Å²) in [7, 11) is 0. The second-order valence-corrected chi connectivity index (χ2v) is 11.2. The van der Waals surface area contributed by atoms with Crippen molar-refractivity contribution in [2.75, 3.05) is 45.6 Å². The molecule has 2 aromatic rings. The summed E-state index contributed by atoms with van der Waals surface area (Å²) in [6.07, 6.45) is 7.15. The van der Waals surface area contributed by atoms with Gasteiger partial charge in [0.2, 0.25) is 5.91 Å². The topological polar surface area (TPSA) is 32.8 Å². The zero-order chi connectivity index (χ0) is 26.2. The highest BCUT2D eigenvalue weighted by atomic mass is 32.2. The molecule has 0 spiro atoms. The van der Waals surface area contributed by atoms with Gasteiger partial charge in [-0.2, -0.15) is 0 Å². The second-order valence-electron chi connectivity index (χ2n) is 10.3. The molecule has 2 saturated heterocycles. The Kier molecular flexibility index (Phi) is 10.4. The van der Waals surface area contributed by atoms with Gasteiger partial charge in [0, 0.05) is 49.9 Å². The number of piperidine rings is 1. The molecule has 2 aromatic carbocycles. The van der Waals surface area contributed by atoms with Crippen molar-refractivity contribution in [3.63, 3.8) is 0 Å². The molecule has 4 nitrogen and oxygen atoms in total. The first-order valence-electron chi connectivity index (χ1n) is 13.6. The van der Waals surface area contributed by atoms with E-state index in [1.165, 1.54) is 17.0 Å². The summed E-state index contributed by atoms with van der Waals surface area (Å²) in [6, 6.07) is 12.5. The standard InChI is InChI=1S/C30H40F2N2O2S/c1-3-34(30(35)18-22-4-6-28(37-2)7-5-22)27-8-13-33(14-9-27)15-10-29(23-11-16-36-17-12-23)24-19-25(31)21-26(32)20-24/h4-7,19-21,23,27,29H,3,8-18H2,1-2H3. The molecule has 202 valence electrons. The van der Waals surface area contributed by atoms with Crippen LogP contribution in [0.4, 0.5) is 8.78 Å². The largest absolute Gasteiger partial charge is 0.381 e. The van der Waals surface area contributed by atoms with Gasteiger partial charge in [-0.1, -0.05) is 12.1 Å². The molecule has 7 heteroatoms. The Hall–Kier alpha value is -1.96. The van der Waals surface area contributed by atoms with Crippen LogP contribution < -0.4 is 0 Å². The molecule has 2 fully saturated rings. The van der Waals surface area contributed by atoms with Gasteiger partial charge >= 0.3 is 0 Å². The molecular weight excluding hydrogens is 490 g/mol. The van der Waals surface area contributed by atoms with Gasteiger partial charge in [0.15, 0.2) is 0 Å². The lowest BCUT2D eigenvalue weighted by Gasteiger charge is -2.39. The summed E-state index contributed by atoms with van der Waals surface area (Å²) in [5, 5.41) is 0. The highest BCUT2D eigenvalue weighted by Crippen LogP contribution is 2.36. The molecule has 1 atom stereocenters. The minimum atomic E-state index is -0.502. The van der Waals surface area contributed by atoms with E-state index in [9.17, 15) is 13.6 Å². The molecule has 37 heavy (non-hydrogen) atoms. The summed E-state index contributed by atoms with van der Waals surface area (Å²) >= 11 is 1.70. The van der Waals surface area contributed by atoms with Crippen LogP contribution in [0.5, 0.6) is 0 Å². The summed E-state index contributed by atoms with van der Waals surface area (Å²) in [5.74, 6) is -0.302. The second kappa shape index (κ2) is 13.7. The van der Waals surface area contributed by atoms with Crippen LogP contribution in [0.25, 0.3) is 0 Å². The molecule has 0 saturated carbocycles. The highest BCUT2D eigenvalue weighted by molar-refractivity contribution is 7.98. The van der Waals surface area contributed by atoms with Crippen LogP contribution in [-0.4, -0.2) is 67.4 Å². The van der Waals surface area contributed by atoms with Crippen LogP contribution in [0.1, 0.15) is 56.1 Å². The van der Waals surface area contributed by atoms with E-state index in [-0.39, 0.29) is 17.9 Å². The minimum absolute atomic E-state index is 0.123. The molecule has 0 bridgehead atoms. The molecule has 2 aliphatic rings. The van der Waals surface area contributed by atoms with Crippen molar-refractivity contribution < 1.29 is 18.3 Å². The van der Waals surface area contributed by atoms with E-state index in [2.05, 4.69) is 47.2 Å². The van der Waals surface area contributed by atoms with Crippen molar-refractivity contribution in [2.45, 2.75) is 62.3 Å². The Morgan fingerprint density at radius 1 is 1.05 bits per heavy atom. The number of rotatable bonds is 10. The molecule has 4 rings (SSSR count). The van der Waals surface area contributed by atoms with Crippen molar-refractivity contribution in [1.29, 1.82) is 0 Å². The van der Waals surface area contributed by atoms with Gasteiger partial charge in [0.05, 0.1) is 6.42 Å². The molecule has 2 aliphatic heterocycles. The van der Waals surface area contributed by atoms with Gasteiger partial charge in [-0.15, -0.1) is 11.8 Å². The molecule has 2 heterocycles. The summed E-state index contributed by atoms with van der Waals surface area (Å²) < 4.78 is 33.6. The number of nitrogens with zero attached hydrogens (tertiary/aromatic N) is 2. The number of thioether (sulfide) groups is 1. The fraction of sp³-hybridized carbons (Fsp3) is 0.567. The maximum atomic E-state index is 14.0. The fourth-order valence-corrected chi connectivity index (χ4v) is 6.42. The number of carbonyl (C=O) groups is 1. The zero-order valence-corrected chi connectivity index (χ0v) is 23.0. The Bertz CT molecular complexity index is 985. The van der Waals surface area contributed by atoms with Crippen LogP contribution >= 0.6 is 11.8 Å². The molecule has 1 amide bonds. The van der Waals surface area contributed by atoms with Gasteiger partial charge in [-0.25, -0.2) is 8.78 Å². The van der Waals surface area contributed by atoms with Crippen LogP contribution in [0.3, 0.4) is 0 Å². The summed E-state index contributed by atoms with van der Waals surface area (Å²) in [5.41, 5.74) is 1.83. The predicted octanol–water partition coefficient (Wildman–Crippen LogP) is 6.14. The number of carbonyl (C=O) groups excluding carboxylic acids is 1. The summed E-state index contributed by atoms with van der Waals surface area (Å²) in [6.45, 7) is 7.00. The first kappa shape index (κ1) is 28.1. The van der Waals surface area contributed by atoms with Crippen LogP contribution in [0, 0.1) is 17.6 Å². The first-order valence-corrected chi connectivity index (χ1v) is 14.9. The minimum Gasteiger partial charge on any atom is -0.381 e. The number of benzene rings is 2. The smallest absolute Gasteiger partial charge is 0.227 e. The number of halogens is 2. The molecule has 0 N–H and O–H groups in total. The van der Waals surface area contributed by atoms with E-state index >= 15 is 0 Å². The van der Waals surface area contributed by atoms with Crippen LogP contribution in [0.15, 0.2) is 47.4 Å². The van der Waals surface area contributed by atoms with Gasteiger partial charge in [0.25, 0.3) is 0 Å². The lowest BCUT2D eigenvalue weighted by Crippen LogP contribution is -2.48. The number of likely N-dealkylation sites (N-methyl/N-ethyl adjacent to an activating group) is 1. The maximum absolute atomic E-state index is 14.0. The van der Waals surface area contributed by atoms with Crippen molar-refractivity contribution in [1.82, 2.24) is 9.80 Å². The third-order valence-electron chi connectivity index (χ3n) is 8.08. The zero-order valence-electron chi connectivity index (χ0n) is 22.1. The molecular formula is C30H40F2N2O2S. The molecule has 1 unspecified atom stereocenters. The predicted molar refractivity (Wildman–Crippen MR) is 146 cm³/mol. The quantitative estimate of drug-likeness (QED) is 0.346. The fourth-order valence-electron chi connectivity index (χ4n) is 6.02. The van der Waals surface area contributed by atoms with Gasteiger partial charge in [0.1, 0.15) is 11.6 Å². The van der Waals surface area contributed by atoms with Gasteiger partial charge in [-0.05, 0) is 99.1 Å². The van der Waals surface area contributed by atoms with E-state index < -0.39 is 11.6 Å². The SMILES string of the molecule is CCN(C(=O)Cc1ccc(SC)cc1)C1CCN(CCC(c2cc(F)cc(F)c2)C2CCOCC2)CC1. The van der Waals surface area contributed by atoms with Crippen molar-refractivity contribution >= 4 is 17.7 Å². The lowest BCUT2D eigenvalue weighted by atomic mass is 9.79. The number of amides is 1. The van der Waals surface area contributed by atoms with E-state index in [0.717, 1.165) is 75.5 Å². The average Bonchev–Trinajstić information content (AvgIpc) is 2.90. The van der Waals surface area contributed by atoms with E-state index in [1.54, 1.807) is 11.8 Å². The third-order valence-corrected chi connectivity index (χ3v) is 8.82. The third kappa shape index (κ3) is 7.78. The van der Waals surface area contributed by atoms with Crippen LogP contribution in [0.2, 0.25) is 0 Å². The normalized spacial score (nSPS) is 18.6. The van der Waals surface area contributed by atoms with Crippen molar-refractivity contribution in [3.8, 4) is 0 Å². The Balaban J connectivity index is 1.31. The average molecular weight is 531 g/mol. The van der Waals surface area contributed by atoms with Crippen molar-refractivity contribution in [2.24, 2.45) is 5.92 Å². The Morgan fingerprint density at radius 2 is 1.70 bits per heavy atom. The van der Waals surface area contributed by atoms with E-state index in [1.807, 2.05) is 0 Å². The number of ether oxygens (including phenoxy) is 1. The monoisotopic (exact) mass is 530 g/mol. The maximum Gasteiger partial charge on any atom is 0.227 e. The molecule has 0 aromatic heterocycles. The summed E-state index contributed by atoms with van der Waals surface area (Å²) in [4.78, 5) is 18.8. The first-order chi connectivity index (χ1) is 18.0. The lowest BCUT2D eigenvalue weighted by molar-refractivity contribution is -0.133. The molecule has 0 radical (unpaired) electrons. The van der Waals surface area contributed by atoms with E-state index in [0.29, 0.717) is 25.6 Å².